The molecule has 0 aliphatic heterocycles. The predicted octanol–water partition coefficient (Wildman–Crippen LogP) is 2.46. The van der Waals surface area contributed by atoms with Crippen molar-refractivity contribution < 1.29 is 13.9 Å². The minimum atomic E-state index is -0.672. The van der Waals surface area contributed by atoms with E-state index in [1.807, 2.05) is 0 Å². The van der Waals surface area contributed by atoms with E-state index in [1.54, 1.807) is 19.1 Å². The van der Waals surface area contributed by atoms with Crippen molar-refractivity contribution in [2.75, 3.05) is 0 Å². The van der Waals surface area contributed by atoms with Crippen molar-refractivity contribution >= 4 is 0 Å². The second kappa shape index (κ2) is 4.45. The minimum Gasteiger partial charge on any atom is -0.443 e. The van der Waals surface area contributed by atoms with E-state index in [1.165, 1.54) is 18.3 Å². The lowest BCUT2D eigenvalue weighted by molar-refractivity contribution is 0.167. The van der Waals surface area contributed by atoms with Crippen LogP contribution in [-0.2, 0) is 6.42 Å². The molecule has 1 unspecified atom stereocenters. The van der Waals surface area contributed by atoms with E-state index in [2.05, 4.69) is 4.98 Å². The van der Waals surface area contributed by atoms with Crippen molar-refractivity contribution in [3.8, 4) is 0 Å². The molecule has 0 fully saturated rings. The van der Waals surface area contributed by atoms with Crippen molar-refractivity contribution in [1.29, 1.82) is 0 Å². The zero-order valence-corrected chi connectivity index (χ0v) is 8.85. The summed E-state index contributed by atoms with van der Waals surface area (Å²) in [5.74, 6) is 0.618. The minimum absolute atomic E-state index is 0.278. The first-order chi connectivity index (χ1) is 7.65. The quantitative estimate of drug-likeness (QED) is 0.865. The highest BCUT2D eigenvalue weighted by atomic mass is 19.1. The first-order valence-corrected chi connectivity index (χ1v) is 5.02. The van der Waals surface area contributed by atoms with Crippen molar-refractivity contribution in [3.05, 3.63) is 53.5 Å². The molecule has 2 rings (SSSR count). The van der Waals surface area contributed by atoms with Gasteiger partial charge in [0, 0.05) is 6.42 Å². The van der Waals surface area contributed by atoms with Crippen LogP contribution in [0.3, 0.4) is 0 Å². The summed E-state index contributed by atoms with van der Waals surface area (Å²) in [6.45, 7) is 1.60. The largest absolute Gasteiger partial charge is 0.443 e. The van der Waals surface area contributed by atoms with Crippen LogP contribution in [0.2, 0.25) is 0 Å². The van der Waals surface area contributed by atoms with Gasteiger partial charge in [-0.3, -0.25) is 0 Å². The van der Waals surface area contributed by atoms with Crippen LogP contribution < -0.4 is 0 Å². The zero-order valence-electron chi connectivity index (χ0n) is 8.85. The van der Waals surface area contributed by atoms with E-state index in [-0.39, 0.29) is 5.82 Å². The molecule has 0 amide bonds. The van der Waals surface area contributed by atoms with Gasteiger partial charge in [-0.1, -0.05) is 12.1 Å². The monoisotopic (exact) mass is 221 g/mol. The number of nitrogens with zero attached hydrogens (tertiary/aromatic N) is 1. The van der Waals surface area contributed by atoms with Gasteiger partial charge >= 0.3 is 0 Å². The molecule has 0 saturated carbocycles. The summed E-state index contributed by atoms with van der Waals surface area (Å²) < 4.78 is 18.2. The third-order valence-electron chi connectivity index (χ3n) is 2.23. The molecule has 1 heterocycles. The molecule has 0 saturated heterocycles. The maximum absolute atomic E-state index is 12.9. The molecule has 2 aromatic rings. The summed E-state index contributed by atoms with van der Waals surface area (Å²) in [6, 6.07) is 6.27. The van der Waals surface area contributed by atoms with Crippen molar-refractivity contribution in [1.82, 2.24) is 4.98 Å². The van der Waals surface area contributed by atoms with Gasteiger partial charge in [-0.2, -0.15) is 0 Å². The van der Waals surface area contributed by atoms with E-state index in [4.69, 9.17) is 4.42 Å². The number of hydrogen-bond acceptors (Lipinski definition) is 3. The summed E-state index contributed by atoms with van der Waals surface area (Å²) in [4.78, 5) is 4.01. The first-order valence-electron chi connectivity index (χ1n) is 5.02. The molecular formula is C12H12FNO2. The Labute approximate surface area is 92.6 Å². The number of rotatable bonds is 3. The van der Waals surface area contributed by atoms with Crippen molar-refractivity contribution in [2.24, 2.45) is 0 Å². The number of aliphatic hydroxyl groups is 1. The van der Waals surface area contributed by atoms with Crippen LogP contribution in [0, 0.1) is 5.82 Å². The van der Waals surface area contributed by atoms with Gasteiger partial charge in [-0.05, 0) is 24.6 Å². The van der Waals surface area contributed by atoms with E-state index < -0.39 is 6.10 Å². The lowest BCUT2D eigenvalue weighted by Gasteiger charge is -1.98. The molecule has 0 radical (unpaired) electrons. The fourth-order valence-electron chi connectivity index (χ4n) is 1.42. The van der Waals surface area contributed by atoms with Crippen LogP contribution in [0.5, 0.6) is 0 Å². The molecule has 3 nitrogen and oxygen atoms in total. The van der Waals surface area contributed by atoms with Crippen LogP contribution in [0.4, 0.5) is 4.39 Å². The Morgan fingerprint density at radius 1 is 1.50 bits per heavy atom. The lowest BCUT2D eigenvalue weighted by atomic mass is 10.1. The van der Waals surface area contributed by atoms with E-state index in [9.17, 15) is 9.50 Å². The van der Waals surface area contributed by atoms with Crippen molar-refractivity contribution in [2.45, 2.75) is 19.4 Å². The molecule has 0 spiro atoms. The van der Waals surface area contributed by atoms with E-state index in [0.29, 0.717) is 18.1 Å². The van der Waals surface area contributed by atoms with E-state index >= 15 is 0 Å². The highest BCUT2D eigenvalue weighted by Crippen LogP contribution is 2.16. The molecule has 0 aliphatic carbocycles. The maximum atomic E-state index is 12.9. The van der Waals surface area contributed by atoms with E-state index in [0.717, 1.165) is 5.56 Å². The molecule has 1 aromatic carbocycles. The van der Waals surface area contributed by atoms with Gasteiger partial charge in [-0.15, -0.1) is 0 Å². The van der Waals surface area contributed by atoms with Crippen LogP contribution in [-0.4, -0.2) is 10.1 Å². The normalized spacial score (nSPS) is 12.7. The molecule has 84 valence electrons. The van der Waals surface area contributed by atoms with Crippen molar-refractivity contribution in [3.63, 3.8) is 0 Å². The number of halogens is 1. The maximum Gasteiger partial charge on any atom is 0.198 e. The lowest BCUT2D eigenvalue weighted by Crippen LogP contribution is -1.89. The molecule has 0 bridgehead atoms. The summed E-state index contributed by atoms with van der Waals surface area (Å²) in [5, 5.41) is 9.25. The highest BCUT2D eigenvalue weighted by molar-refractivity contribution is 5.19. The summed E-state index contributed by atoms with van der Waals surface area (Å²) in [6.07, 6.45) is 1.23. The number of benzene rings is 1. The number of oxazole rings is 1. The number of aliphatic hydroxyl groups excluding tert-OH is 1. The Morgan fingerprint density at radius 2 is 2.31 bits per heavy atom. The molecule has 0 aliphatic rings. The molecule has 1 atom stereocenters. The van der Waals surface area contributed by atoms with Crippen LogP contribution in [0.1, 0.15) is 30.2 Å². The summed E-state index contributed by atoms with van der Waals surface area (Å²) in [7, 11) is 0. The van der Waals surface area contributed by atoms with Crippen LogP contribution >= 0.6 is 0 Å². The molecule has 16 heavy (non-hydrogen) atoms. The van der Waals surface area contributed by atoms with Gasteiger partial charge in [-0.25, -0.2) is 9.37 Å². The van der Waals surface area contributed by atoms with Gasteiger partial charge in [0.05, 0.1) is 6.20 Å². The van der Waals surface area contributed by atoms with Crippen LogP contribution in [0.25, 0.3) is 0 Å². The number of aromatic nitrogens is 1. The molecular weight excluding hydrogens is 209 g/mol. The smallest absolute Gasteiger partial charge is 0.198 e. The fraction of sp³-hybridized carbons (Fsp3) is 0.250. The summed E-state index contributed by atoms with van der Waals surface area (Å²) >= 11 is 0. The highest BCUT2D eigenvalue weighted by Gasteiger charge is 2.09. The second-order valence-electron chi connectivity index (χ2n) is 3.64. The van der Waals surface area contributed by atoms with Gasteiger partial charge in [0.2, 0.25) is 0 Å². The Kier molecular flexibility index (Phi) is 3.01. The van der Waals surface area contributed by atoms with Gasteiger partial charge in [0.25, 0.3) is 0 Å². The Balaban J connectivity index is 2.14. The van der Waals surface area contributed by atoms with Gasteiger partial charge in [0.15, 0.2) is 11.7 Å². The predicted molar refractivity (Wildman–Crippen MR) is 56.3 cm³/mol. The topological polar surface area (TPSA) is 46.3 Å². The average molecular weight is 221 g/mol. The Hall–Kier alpha value is -1.68. The van der Waals surface area contributed by atoms with Crippen LogP contribution in [0.15, 0.2) is 34.9 Å². The Bertz CT molecular complexity index is 479. The average Bonchev–Trinajstić information content (AvgIpc) is 2.66. The molecule has 1 N–H and O–H groups in total. The SMILES string of the molecule is CC(O)c1cnc(Cc2cccc(F)c2)o1. The molecule has 1 aromatic heterocycles. The zero-order chi connectivity index (χ0) is 11.5. The Morgan fingerprint density at radius 3 is 2.94 bits per heavy atom. The third-order valence-corrected chi connectivity index (χ3v) is 2.23. The second-order valence-corrected chi connectivity index (χ2v) is 3.64. The standard InChI is InChI=1S/C12H12FNO2/c1-8(15)11-7-14-12(16-11)6-9-3-2-4-10(13)5-9/h2-5,7-8,15H,6H2,1H3. The first kappa shape index (κ1) is 10.8. The third kappa shape index (κ3) is 2.46. The summed E-state index contributed by atoms with van der Waals surface area (Å²) in [5.41, 5.74) is 0.791. The number of hydrogen-bond donors (Lipinski definition) is 1. The molecule has 4 heteroatoms. The van der Waals surface area contributed by atoms with Gasteiger partial charge < -0.3 is 9.52 Å². The fourth-order valence-corrected chi connectivity index (χ4v) is 1.42. The van der Waals surface area contributed by atoms with Gasteiger partial charge in [0.1, 0.15) is 11.9 Å².